The van der Waals surface area contributed by atoms with Gasteiger partial charge in [-0.3, -0.25) is 4.79 Å². The van der Waals surface area contributed by atoms with Gasteiger partial charge in [0.2, 0.25) is 0 Å². The highest BCUT2D eigenvalue weighted by atomic mass is 16.3. The van der Waals surface area contributed by atoms with Crippen LogP contribution in [0.3, 0.4) is 0 Å². The monoisotopic (exact) mass is 257 g/mol. The number of carbonyl (C=O) groups is 1. The lowest BCUT2D eigenvalue weighted by molar-refractivity contribution is 0.0765. The molecule has 1 N–H and O–H groups in total. The number of benzene rings is 1. The van der Waals surface area contributed by atoms with Crippen LogP contribution in [0.25, 0.3) is 5.69 Å². The van der Waals surface area contributed by atoms with Gasteiger partial charge in [-0.2, -0.15) is 5.10 Å². The average molecular weight is 257 g/mol. The molecule has 0 bridgehead atoms. The first kappa shape index (κ1) is 11.9. The number of hydrogen-bond acceptors (Lipinski definition) is 3. The van der Waals surface area contributed by atoms with Gasteiger partial charge in [0.05, 0.1) is 23.6 Å². The van der Waals surface area contributed by atoms with Gasteiger partial charge in [-0.05, 0) is 18.6 Å². The van der Waals surface area contributed by atoms with Gasteiger partial charge >= 0.3 is 0 Å². The van der Waals surface area contributed by atoms with E-state index in [1.54, 1.807) is 22.0 Å². The molecule has 0 spiro atoms. The quantitative estimate of drug-likeness (QED) is 0.875. The van der Waals surface area contributed by atoms with E-state index in [9.17, 15) is 9.90 Å². The molecule has 0 aliphatic carbocycles. The second-order valence-electron chi connectivity index (χ2n) is 4.70. The zero-order valence-electron chi connectivity index (χ0n) is 10.4. The summed E-state index contributed by atoms with van der Waals surface area (Å²) in [6.45, 7) is 1.02. The van der Waals surface area contributed by atoms with E-state index in [1.165, 1.54) is 0 Å². The van der Waals surface area contributed by atoms with Crippen molar-refractivity contribution in [1.82, 2.24) is 14.7 Å². The van der Waals surface area contributed by atoms with Crippen molar-refractivity contribution in [1.29, 1.82) is 0 Å². The predicted molar refractivity (Wildman–Crippen MR) is 70.1 cm³/mol. The van der Waals surface area contributed by atoms with E-state index < -0.39 is 6.10 Å². The summed E-state index contributed by atoms with van der Waals surface area (Å²) in [5, 5.41) is 13.7. The van der Waals surface area contributed by atoms with E-state index in [4.69, 9.17) is 0 Å². The maximum absolute atomic E-state index is 12.2. The van der Waals surface area contributed by atoms with Crippen LogP contribution in [-0.2, 0) is 0 Å². The second-order valence-corrected chi connectivity index (χ2v) is 4.70. The molecule has 0 unspecified atom stereocenters. The standard InChI is InChI=1S/C14H15N3O2/c18-13-6-7-16(10-13)14(19)11-8-15-17(9-11)12-4-2-1-3-5-12/h1-5,8-9,13,18H,6-7,10H2/t13-/m0/s1. The summed E-state index contributed by atoms with van der Waals surface area (Å²) < 4.78 is 1.68. The van der Waals surface area contributed by atoms with E-state index in [1.807, 2.05) is 30.3 Å². The second kappa shape index (κ2) is 4.85. The fourth-order valence-corrected chi connectivity index (χ4v) is 2.26. The molecule has 2 heterocycles. The number of aliphatic hydroxyl groups is 1. The summed E-state index contributed by atoms with van der Waals surface area (Å²) in [7, 11) is 0. The van der Waals surface area contributed by atoms with E-state index in [0.29, 0.717) is 25.1 Å². The third-order valence-corrected chi connectivity index (χ3v) is 3.30. The molecular weight excluding hydrogens is 242 g/mol. The van der Waals surface area contributed by atoms with Crippen LogP contribution in [0.4, 0.5) is 0 Å². The molecule has 1 amide bonds. The fraction of sp³-hybridized carbons (Fsp3) is 0.286. The highest BCUT2D eigenvalue weighted by Crippen LogP contribution is 2.14. The molecule has 1 saturated heterocycles. The van der Waals surface area contributed by atoms with Crippen LogP contribution in [0.5, 0.6) is 0 Å². The first-order chi connectivity index (χ1) is 9.24. The predicted octanol–water partition coefficient (Wildman–Crippen LogP) is 1.08. The molecule has 5 heteroatoms. The number of nitrogens with zero attached hydrogens (tertiary/aromatic N) is 3. The zero-order chi connectivity index (χ0) is 13.2. The maximum atomic E-state index is 12.2. The molecule has 1 aliphatic heterocycles. The molecule has 2 aromatic rings. The number of likely N-dealkylation sites (tertiary alicyclic amines) is 1. The number of hydrogen-bond donors (Lipinski definition) is 1. The van der Waals surface area contributed by atoms with Gasteiger partial charge in [0, 0.05) is 19.3 Å². The first-order valence-corrected chi connectivity index (χ1v) is 6.31. The van der Waals surface area contributed by atoms with Crippen LogP contribution < -0.4 is 0 Å². The van der Waals surface area contributed by atoms with Gasteiger partial charge in [-0.1, -0.05) is 18.2 Å². The minimum Gasteiger partial charge on any atom is -0.391 e. The SMILES string of the molecule is O=C(c1cnn(-c2ccccc2)c1)N1CC[C@H](O)C1. The number of β-amino-alcohol motifs (C(OH)–C–C–N with tert-alkyl or cyclic N) is 1. The van der Waals surface area contributed by atoms with Crippen LogP contribution in [-0.4, -0.2) is 44.9 Å². The van der Waals surface area contributed by atoms with E-state index in [-0.39, 0.29) is 5.91 Å². The number of aromatic nitrogens is 2. The molecular formula is C14H15N3O2. The summed E-state index contributed by atoms with van der Waals surface area (Å²) in [5.41, 5.74) is 1.47. The van der Waals surface area contributed by atoms with Crippen LogP contribution in [0, 0.1) is 0 Å². The van der Waals surface area contributed by atoms with Crippen LogP contribution >= 0.6 is 0 Å². The molecule has 98 valence electrons. The van der Waals surface area contributed by atoms with Crippen molar-refractivity contribution >= 4 is 5.91 Å². The van der Waals surface area contributed by atoms with Crippen molar-refractivity contribution in [3.63, 3.8) is 0 Å². The number of carbonyl (C=O) groups excluding carboxylic acids is 1. The van der Waals surface area contributed by atoms with Crippen LogP contribution in [0.15, 0.2) is 42.7 Å². The van der Waals surface area contributed by atoms with Crippen molar-refractivity contribution in [2.45, 2.75) is 12.5 Å². The molecule has 1 aromatic heterocycles. The third kappa shape index (κ3) is 2.37. The Morgan fingerprint density at radius 1 is 1.32 bits per heavy atom. The molecule has 19 heavy (non-hydrogen) atoms. The molecule has 5 nitrogen and oxygen atoms in total. The van der Waals surface area contributed by atoms with Gasteiger partial charge in [0.1, 0.15) is 0 Å². The van der Waals surface area contributed by atoms with Gasteiger partial charge in [0.15, 0.2) is 0 Å². The van der Waals surface area contributed by atoms with Crippen molar-refractivity contribution < 1.29 is 9.90 Å². The highest BCUT2D eigenvalue weighted by Gasteiger charge is 2.26. The van der Waals surface area contributed by atoms with Gasteiger partial charge in [0.25, 0.3) is 5.91 Å². The van der Waals surface area contributed by atoms with E-state index >= 15 is 0 Å². The number of aliphatic hydroxyl groups excluding tert-OH is 1. The van der Waals surface area contributed by atoms with Crippen molar-refractivity contribution in [2.24, 2.45) is 0 Å². The maximum Gasteiger partial charge on any atom is 0.257 e. The topological polar surface area (TPSA) is 58.4 Å². The van der Waals surface area contributed by atoms with E-state index in [2.05, 4.69) is 5.10 Å². The Kier molecular flexibility index (Phi) is 3.05. The number of rotatable bonds is 2. The van der Waals surface area contributed by atoms with Crippen LogP contribution in [0.2, 0.25) is 0 Å². The normalized spacial score (nSPS) is 18.8. The molecule has 1 fully saturated rings. The van der Waals surface area contributed by atoms with Gasteiger partial charge in [-0.15, -0.1) is 0 Å². The van der Waals surface area contributed by atoms with Gasteiger partial charge in [-0.25, -0.2) is 4.68 Å². The third-order valence-electron chi connectivity index (χ3n) is 3.30. The van der Waals surface area contributed by atoms with Crippen molar-refractivity contribution in [2.75, 3.05) is 13.1 Å². The zero-order valence-corrected chi connectivity index (χ0v) is 10.4. The average Bonchev–Trinajstić information content (AvgIpc) is 3.08. The Morgan fingerprint density at radius 3 is 2.79 bits per heavy atom. The summed E-state index contributed by atoms with van der Waals surface area (Å²) in [6, 6.07) is 9.65. The Labute approximate surface area is 111 Å². The minimum absolute atomic E-state index is 0.0706. The molecule has 1 aliphatic rings. The summed E-state index contributed by atoms with van der Waals surface area (Å²) in [5.74, 6) is -0.0706. The fourth-order valence-electron chi connectivity index (χ4n) is 2.26. The molecule has 1 atom stereocenters. The molecule has 3 rings (SSSR count). The first-order valence-electron chi connectivity index (χ1n) is 6.31. The Bertz CT molecular complexity index is 579. The lowest BCUT2D eigenvalue weighted by Gasteiger charge is -2.13. The Balaban J connectivity index is 1.80. The Morgan fingerprint density at radius 2 is 2.11 bits per heavy atom. The summed E-state index contributed by atoms with van der Waals surface area (Å²) in [6.07, 6.45) is 3.55. The summed E-state index contributed by atoms with van der Waals surface area (Å²) in [4.78, 5) is 13.9. The number of para-hydroxylation sites is 1. The molecule has 0 radical (unpaired) electrons. The molecule has 0 saturated carbocycles. The minimum atomic E-state index is -0.395. The number of amides is 1. The van der Waals surface area contributed by atoms with Crippen molar-refractivity contribution in [3.8, 4) is 5.69 Å². The van der Waals surface area contributed by atoms with E-state index in [0.717, 1.165) is 5.69 Å². The van der Waals surface area contributed by atoms with Crippen LogP contribution in [0.1, 0.15) is 16.8 Å². The highest BCUT2D eigenvalue weighted by molar-refractivity contribution is 5.94. The largest absolute Gasteiger partial charge is 0.391 e. The smallest absolute Gasteiger partial charge is 0.257 e. The summed E-state index contributed by atoms with van der Waals surface area (Å²) >= 11 is 0. The van der Waals surface area contributed by atoms with Crippen molar-refractivity contribution in [3.05, 3.63) is 48.3 Å². The molecule has 1 aromatic carbocycles. The van der Waals surface area contributed by atoms with Gasteiger partial charge < -0.3 is 10.0 Å². The Hall–Kier alpha value is -2.14. The lowest BCUT2D eigenvalue weighted by atomic mass is 10.3. The lowest BCUT2D eigenvalue weighted by Crippen LogP contribution is -2.29.